The molecule has 0 radical (unpaired) electrons. The van der Waals surface area contributed by atoms with Gasteiger partial charge in [0.2, 0.25) is 5.91 Å². The summed E-state index contributed by atoms with van der Waals surface area (Å²) in [6.07, 6.45) is 0.920. The van der Waals surface area contributed by atoms with E-state index < -0.39 is 0 Å². The predicted octanol–water partition coefficient (Wildman–Crippen LogP) is 2.78. The molecule has 2 rings (SSSR count). The van der Waals surface area contributed by atoms with Crippen molar-refractivity contribution in [1.82, 2.24) is 10.2 Å². The van der Waals surface area contributed by atoms with Crippen molar-refractivity contribution in [2.24, 2.45) is 11.7 Å². The Morgan fingerprint density at radius 3 is 2.50 bits per heavy atom. The lowest BCUT2D eigenvalue weighted by Crippen LogP contribution is -2.51. The molecule has 0 bridgehead atoms. The second-order valence-electron chi connectivity index (χ2n) is 7.37. The number of rotatable bonds is 6. The highest BCUT2D eigenvalue weighted by Gasteiger charge is 2.37. The molecule has 1 aliphatic heterocycles. The third-order valence-electron chi connectivity index (χ3n) is 5.27. The van der Waals surface area contributed by atoms with Crippen molar-refractivity contribution in [1.29, 1.82) is 0 Å². The van der Waals surface area contributed by atoms with Crippen molar-refractivity contribution in [3.63, 3.8) is 0 Å². The number of carbonyl (C=O) groups is 1. The molecule has 0 aromatic heterocycles. The van der Waals surface area contributed by atoms with E-state index in [1.165, 1.54) is 5.56 Å². The molecule has 3 atom stereocenters. The molecule has 1 amide bonds. The lowest BCUT2D eigenvalue weighted by Gasteiger charge is -2.30. The molecule has 0 aliphatic carbocycles. The van der Waals surface area contributed by atoms with Crippen LogP contribution in [0.4, 0.5) is 0 Å². The van der Waals surface area contributed by atoms with Crippen molar-refractivity contribution in [3.05, 3.63) is 35.9 Å². The first-order valence-electron chi connectivity index (χ1n) is 8.69. The van der Waals surface area contributed by atoms with E-state index in [0.717, 1.165) is 19.5 Å². The molecule has 1 heterocycles. The van der Waals surface area contributed by atoms with Gasteiger partial charge in [0.05, 0.1) is 6.04 Å². The van der Waals surface area contributed by atoms with Crippen molar-refractivity contribution in [2.45, 2.75) is 51.6 Å². The van der Waals surface area contributed by atoms with Gasteiger partial charge in [-0.1, -0.05) is 37.3 Å². The van der Waals surface area contributed by atoms with Gasteiger partial charge in [0.1, 0.15) is 0 Å². The summed E-state index contributed by atoms with van der Waals surface area (Å²) in [5.74, 6) is 0.934. The molecule has 1 fully saturated rings. The van der Waals surface area contributed by atoms with Gasteiger partial charge in [0.15, 0.2) is 0 Å². The summed E-state index contributed by atoms with van der Waals surface area (Å²) in [5.41, 5.74) is 7.17. The zero-order chi connectivity index (χ0) is 17.0. The van der Waals surface area contributed by atoms with Crippen molar-refractivity contribution >= 4 is 18.3 Å². The van der Waals surface area contributed by atoms with Crippen LogP contribution in [0.5, 0.6) is 0 Å². The summed E-state index contributed by atoms with van der Waals surface area (Å²) in [6.45, 7) is 10.7. The topological polar surface area (TPSA) is 58.4 Å². The molecule has 4 nitrogen and oxygen atoms in total. The molecule has 136 valence electrons. The molecule has 1 unspecified atom stereocenters. The highest BCUT2D eigenvalue weighted by atomic mass is 35.5. The van der Waals surface area contributed by atoms with Crippen LogP contribution < -0.4 is 11.1 Å². The van der Waals surface area contributed by atoms with Gasteiger partial charge >= 0.3 is 0 Å². The van der Waals surface area contributed by atoms with Crippen LogP contribution in [0, 0.1) is 5.92 Å². The number of hydrogen-bond acceptors (Lipinski definition) is 3. The van der Waals surface area contributed by atoms with Gasteiger partial charge in [0.25, 0.3) is 0 Å². The lowest BCUT2D eigenvalue weighted by atomic mass is 9.89. The number of hydrogen-bond donors (Lipinski definition) is 2. The van der Waals surface area contributed by atoms with E-state index in [9.17, 15) is 4.79 Å². The summed E-state index contributed by atoms with van der Waals surface area (Å²) < 4.78 is 0. The first-order chi connectivity index (χ1) is 10.9. The molecule has 1 saturated heterocycles. The van der Waals surface area contributed by atoms with Gasteiger partial charge in [-0.2, -0.15) is 0 Å². The van der Waals surface area contributed by atoms with E-state index in [2.05, 4.69) is 55.3 Å². The molecule has 5 heteroatoms. The van der Waals surface area contributed by atoms with Crippen molar-refractivity contribution < 1.29 is 4.79 Å². The Kier molecular flexibility index (Phi) is 7.71. The van der Waals surface area contributed by atoms with Crippen LogP contribution in [-0.2, 0) is 4.79 Å². The minimum absolute atomic E-state index is 0. The second-order valence-corrected chi connectivity index (χ2v) is 7.37. The fraction of sp³-hybridized carbons (Fsp3) is 0.632. The van der Waals surface area contributed by atoms with E-state index in [4.69, 9.17) is 5.73 Å². The van der Waals surface area contributed by atoms with E-state index in [1.807, 2.05) is 13.0 Å². The van der Waals surface area contributed by atoms with Crippen LogP contribution >= 0.6 is 12.4 Å². The van der Waals surface area contributed by atoms with Crippen LogP contribution in [0.15, 0.2) is 30.3 Å². The normalized spacial score (nSPS) is 22.7. The number of nitrogens with one attached hydrogen (secondary N) is 1. The third-order valence-corrected chi connectivity index (χ3v) is 5.27. The highest BCUT2D eigenvalue weighted by Crippen LogP contribution is 2.33. The van der Waals surface area contributed by atoms with E-state index in [-0.39, 0.29) is 29.9 Å². The number of halogens is 1. The molecule has 3 N–H and O–H groups in total. The lowest BCUT2D eigenvalue weighted by molar-refractivity contribution is -0.127. The van der Waals surface area contributed by atoms with Crippen LogP contribution in [0.3, 0.4) is 0 Å². The molecular weight excluding hydrogens is 322 g/mol. The average Bonchev–Trinajstić information content (AvgIpc) is 2.98. The number of benzene rings is 1. The number of amides is 1. The number of nitrogens with zero attached hydrogens (tertiary/aromatic N) is 1. The SMILES string of the molecule is CCC(C)(C)NC(=O)C(C)N1C[C@@H](CN)[C@H](c2ccccc2)C1.Cl. The smallest absolute Gasteiger partial charge is 0.237 e. The van der Waals surface area contributed by atoms with Gasteiger partial charge in [-0.05, 0) is 45.2 Å². The van der Waals surface area contributed by atoms with Crippen LogP contribution in [0.25, 0.3) is 0 Å². The molecule has 1 aromatic carbocycles. The van der Waals surface area contributed by atoms with Gasteiger partial charge in [-0.25, -0.2) is 0 Å². The number of carbonyl (C=O) groups excluding carboxylic acids is 1. The minimum Gasteiger partial charge on any atom is -0.350 e. The first kappa shape index (κ1) is 20.9. The van der Waals surface area contributed by atoms with E-state index >= 15 is 0 Å². The number of nitrogens with two attached hydrogens (primary N) is 1. The minimum atomic E-state index is -0.156. The maximum absolute atomic E-state index is 12.6. The Morgan fingerprint density at radius 2 is 1.96 bits per heavy atom. The summed E-state index contributed by atoms with van der Waals surface area (Å²) >= 11 is 0. The summed E-state index contributed by atoms with van der Waals surface area (Å²) in [6, 6.07) is 10.4. The van der Waals surface area contributed by atoms with Gasteiger partial charge in [-0.15, -0.1) is 12.4 Å². The predicted molar refractivity (Wildman–Crippen MR) is 103 cm³/mol. The maximum atomic E-state index is 12.6. The Bertz CT molecular complexity index is 521. The van der Waals surface area contributed by atoms with Gasteiger partial charge in [-0.3, -0.25) is 9.69 Å². The maximum Gasteiger partial charge on any atom is 0.237 e. The largest absolute Gasteiger partial charge is 0.350 e. The van der Waals surface area contributed by atoms with Gasteiger partial charge in [0, 0.05) is 24.5 Å². The third kappa shape index (κ3) is 4.95. The zero-order valence-electron chi connectivity index (χ0n) is 15.3. The monoisotopic (exact) mass is 353 g/mol. The zero-order valence-corrected chi connectivity index (χ0v) is 16.1. The Morgan fingerprint density at radius 1 is 1.33 bits per heavy atom. The van der Waals surface area contributed by atoms with Crippen LogP contribution in [-0.4, -0.2) is 42.0 Å². The fourth-order valence-electron chi connectivity index (χ4n) is 3.23. The second kappa shape index (κ2) is 8.84. The fourth-order valence-corrected chi connectivity index (χ4v) is 3.23. The summed E-state index contributed by atoms with van der Waals surface area (Å²) in [7, 11) is 0. The Labute approximate surface area is 152 Å². The van der Waals surface area contributed by atoms with Crippen molar-refractivity contribution in [3.8, 4) is 0 Å². The first-order valence-corrected chi connectivity index (χ1v) is 8.69. The molecule has 0 spiro atoms. The van der Waals surface area contributed by atoms with Crippen molar-refractivity contribution in [2.75, 3.05) is 19.6 Å². The quantitative estimate of drug-likeness (QED) is 0.826. The molecule has 1 aromatic rings. The summed E-state index contributed by atoms with van der Waals surface area (Å²) in [4.78, 5) is 14.8. The number of likely N-dealkylation sites (tertiary alicyclic amines) is 1. The van der Waals surface area contributed by atoms with Crippen LogP contribution in [0.1, 0.15) is 45.6 Å². The van der Waals surface area contributed by atoms with E-state index in [0.29, 0.717) is 18.4 Å². The van der Waals surface area contributed by atoms with Gasteiger partial charge < -0.3 is 11.1 Å². The Hall–Kier alpha value is -1.10. The van der Waals surface area contributed by atoms with E-state index in [1.54, 1.807) is 0 Å². The average molecular weight is 354 g/mol. The van der Waals surface area contributed by atoms with Crippen LogP contribution in [0.2, 0.25) is 0 Å². The molecule has 24 heavy (non-hydrogen) atoms. The highest BCUT2D eigenvalue weighted by molar-refractivity contribution is 5.85. The molecule has 1 aliphatic rings. The molecule has 0 saturated carbocycles. The Balaban J connectivity index is 0.00000288. The summed E-state index contributed by atoms with van der Waals surface area (Å²) in [5, 5.41) is 3.16. The standard InChI is InChI=1S/C19H31N3O.ClH/c1-5-19(3,4)21-18(23)14(2)22-12-16(11-20)17(13-22)15-9-7-6-8-10-15;/h6-10,14,16-17H,5,11-13,20H2,1-4H3,(H,21,23);1H/t14?,16-,17+;/m1./s1. The molecular formula is C19H32ClN3O.